The van der Waals surface area contributed by atoms with Gasteiger partial charge in [-0.1, -0.05) is 0 Å². The minimum absolute atomic E-state index is 0.117. The number of Topliss-reactive ketones (excluding diaryl/α,β-unsaturated/α-hetero) is 1. The lowest BCUT2D eigenvalue weighted by Gasteiger charge is -2.28. The van der Waals surface area contributed by atoms with E-state index >= 15 is 0 Å². The average Bonchev–Trinajstić information content (AvgIpc) is 2.58. The molecular formula is C12H19N3O2. The molecule has 5 heteroatoms. The van der Waals surface area contributed by atoms with Crippen molar-refractivity contribution in [1.82, 2.24) is 15.1 Å². The van der Waals surface area contributed by atoms with Crippen LogP contribution in [0.4, 0.5) is 0 Å². The van der Waals surface area contributed by atoms with Gasteiger partial charge in [-0.2, -0.15) is 5.10 Å². The summed E-state index contributed by atoms with van der Waals surface area (Å²) in [4.78, 5) is 12.1. The fraction of sp³-hybridized carbons (Fsp3) is 0.667. The molecule has 5 nitrogen and oxygen atoms in total. The van der Waals surface area contributed by atoms with Crippen molar-refractivity contribution in [2.45, 2.75) is 32.4 Å². The Hall–Kier alpha value is -1.20. The predicted octanol–water partition coefficient (Wildman–Crippen LogP) is 0.678. The molecule has 0 saturated carbocycles. The first-order valence-electron chi connectivity index (χ1n) is 5.93. The van der Waals surface area contributed by atoms with Crippen molar-refractivity contribution >= 4 is 5.78 Å². The fourth-order valence-corrected chi connectivity index (χ4v) is 2.21. The zero-order valence-electron chi connectivity index (χ0n) is 10.6. The quantitative estimate of drug-likeness (QED) is 0.785. The zero-order valence-corrected chi connectivity index (χ0v) is 10.6. The van der Waals surface area contributed by atoms with Crippen LogP contribution in [0.5, 0.6) is 0 Å². The maximum Gasteiger partial charge on any atom is 0.167 e. The molecule has 0 spiro atoms. The molecule has 2 rings (SSSR count). The Bertz CT molecular complexity index is 414. The number of carbonyl (C=O) groups is 1. The number of aryl methyl sites for hydroxylation is 2. The molecule has 1 aliphatic heterocycles. The van der Waals surface area contributed by atoms with Crippen LogP contribution in [0.15, 0.2) is 6.20 Å². The van der Waals surface area contributed by atoms with E-state index in [-0.39, 0.29) is 11.8 Å². The fourth-order valence-electron chi connectivity index (χ4n) is 2.21. The Morgan fingerprint density at radius 2 is 2.41 bits per heavy atom. The van der Waals surface area contributed by atoms with Gasteiger partial charge < -0.3 is 10.1 Å². The summed E-state index contributed by atoms with van der Waals surface area (Å²) < 4.78 is 7.11. The van der Waals surface area contributed by atoms with Crippen molar-refractivity contribution in [3.63, 3.8) is 0 Å². The Labute approximate surface area is 101 Å². The third-order valence-corrected chi connectivity index (χ3v) is 2.95. The van der Waals surface area contributed by atoms with Crippen LogP contribution in [-0.2, 0) is 11.8 Å². The number of nitrogens with zero attached hydrogens (tertiary/aromatic N) is 2. The van der Waals surface area contributed by atoms with E-state index in [4.69, 9.17) is 4.74 Å². The van der Waals surface area contributed by atoms with Crippen molar-refractivity contribution in [2.75, 3.05) is 13.2 Å². The molecule has 17 heavy (non-hydrogen) atoms. The summed E-state index contributed by atoms with van der Waals surface area (Å²) in [5.74, 6) is 0.130. The summed E-state index contributed by atoms with van der Waals surface area (Å²) in [6, 6.07) is 0.433. The highest BCUT2D eigenvalue weighted by Gasteiger charge is 2.23. The van der Waals surface area contributed by atoms with E-state index in [1.807, 2.05) is 14.0 Å². The lowest BCUT2D eigenvalue weighted by Crippen LogP contribution is -2.48. The Morgan fingerprint density at radius 3 is 3.00 bits per heavy atom. The van der Waals surface area contributed by atoms with Crippen molar-refractivity contribution in [3.05, 3.63) is 17.5 Å². The Morgan fingerprint density at radius 1 is 1.65 bits per heavy atom. The third-order valence-electron chi connectivity index (χ3n) is 2.95. The zero-order chi connectivity index (χ0) is 12.4. The van der Waals surface area contributed by atoms with Crippen molar-refractivity contribution in [3.8, 4) is 0 Å². The summed E-state index contributed by atoms with van der Waals surface area (Å²) in [5.41, 5.74) is 1.51. The van der Waals surface area contributed by atoms with Crippen LogP contribution in [0, 0.1) is 6.92 Å². The molecule has 0 amide bonds. The van der Waals surface area contributed by atoms with Gasteiger partial charge in [-0.3, -0.25) is 9.48 Å². The second-order valence-electron chi connectivity index (χ2n) is 4.73. The van der Waals surface area contributed by atoms with Gasteiger partial charge in [0.2, 0.25) is 0 Å². The summed E-state index contributed by atoms with van der Waals surface area (Å²) in [5, 5.41) is 7.55. The number of ketones is 1. The summed E-state index contributed by atoms with van der Waals surface area (Å²) >= 11 is 0. The number of carbonyl (C=O) groups excluding carboxylic acids is 1. The largest absolute Gasteiger partial charge is 0.378 e. The Kier molecular flexibility index (Phi) is 3.59. The summed E-state index contributed by atoms with van der Waals surface area (Å²) in [7, 11) is 1.83. The van der Waals surface area contributed by atoms with Gasteiger partial charge >= 0.3 is 0 Å². The van der Waals surface area contributed by atoms with Crippen LogP contribution in [0.3, 0.4) is 0 Å². The summed E-state index contributed by atoms with van der Waals surface area (Å²) in [6.45, 7) is 5.25. The van der Waals surface area contributed by atoms with Crippen LogP contribution in [0.1, 0.15) is 29.4 Å². The van der Waals surface area contributed by atoms with Gasteiger partial charge in [0.1, 0.15) is 0 Å². The first-order valence-corrected chi connectivity index (χ1v) is 5.93. The highest BCUT2D eigenvalue weighted by molar-refractivity contribution is 5.97. The molecule has 0 radical (unpaired) electrons. The van der Waals surface area contributed by atoms with E-state index in [2.05, 4.69) is 17.3 Å². The van der Waals surface area contributed by atoms with Crippen LogP contribution >= 0.6 is 0 Å². The van der Waals surface area contributed by atoms with Crippen LogP contribution < -0.4 is 5.32 Å². The van der Waals surface area contributed by atoms with Gasteiger partial charge in [0.05, 0.1) is 24.5 Å². The number of ether oxygens (including phenoxy) is 1. The topological polar surface area (TPSA) is 56.2 Å². The van der Waals surface area contributed by atoms with Gasteiger partial charge in [-0.15, -0.1) is 0 Å². The molecule has 2 unspecified atom stereocenters. The first-order chi connectivity index (χ1) is 8.06. The molecule has 0 aromatic carbocycles. The van der Waals surface area contributed by atoms with Gasteiger partial charge in [0.15, 0.2) is 5.78 Å². The van der Waals surface area contributed by atoms with Gasteiger partial charge in [0.25, 0.3) is 0 Å². The molecule has 1 aliphatic rings. The number of rotatable bonds is 3. The van der Waals surface area contributed by atoms with Crippen molar-refractivity contribution in [2.24, 2.45) is 7.05 Å². The predicted molar refractivity (Wildman–Crippen MR) is 64.1 cm³/mol. The van der Waals surface area contributed by atoms with Crippen LogP contribution in [-0.4, -0.2) is 40.9 Å². The van der Waals surface area contributed by atoms with Crippen LogP contribution in [0.2, 0.25) is 0 Å². The number of nitrogens with one attached hydrogen (secondary N) is 1. The minimum atomic E-state index is 0.117. The van der Waals surface area contributed by atoms with E-state index in [0.29, 0.717) is 24.6 Å². The molecule has 1 fully saturated rings. The molecule has 1 aromatic heterocycles. The summed E-state index contributed by atoms with van der Waals surface area (Å²) in [6.07, 6.45) is 2.25. The molecule has 2 heterocycles. The molecule has 94 valence electrons. The van der Waals surface area contributed by atoms with Gasteiger partial charge in [-0.05, 0) is 13.8 Å². The molecule has 1 N–H and O–H groups in total. The second-order valence-corrected chi connectivity index (χ2v) is 4.73. The maximum atomic E-state index is 12.1. The second kappa shape index (κ2) is 4.98. The van der Waals surface area contributed by atoms with Crippen LogP contribution in [0.25, 0.3) is 0 Å². The highest BCUT2D eigenvalue weighted by atomic mass is 16.5. The lowest BCUT2D eigenvalue weighted by molar-refractivity contribution is 0.0463. The molecular weight excluding hydrogens is 218 g/mol. The monoisotopic (exact) mass is 237 g/mol. The smallest absolute Gasteiger partial charge is 0.167 e. The molecule has 0 aliphatic carbocycles. The third kappa shape index (κ3) is 2.92. The van der Waals surface area contributed by atoms with E-state index in [1.165, 1.54) is 0 Å². The molecule has 1 saturated heterocycles. The van der Waals surface area contributed by atoms with E-state index in [0.717, 1.165) is 12.3 Å². The molecule has 0 bridgehead atoms. The SMILES string of the molecule is Cc1nn(C)cc1C(=O)CC1COCC(C)N1. The average molecular weight is 237 g/mol. The maximum absolute atomic E-state index is 12.1. The van der Waals surface area contributed by atoms with Gasteiger partial charge in [-0.25, -0.2) is 0 Å². The van der Waals surface area contributed by atoms with E-state index in [9.17, 15) is 4.79 Å². The molecule has 2 atom stereocenters. The highest BCUT2D eigenvalue weighted by Crippen LogP contribution is 2.11. The standard InChI is InChI=1S/C12H19N3O2/c1-8-6-17-7-10(13-8)4-12(16)11-5-15(3)14-9(11)2/h5,8,10,13H,4,6-7H2,1-3H3. The van der Waals surface area contributed by atoms with E-state index < -0.39 is 0 Å². The number of aromatic nitrogens is 2. The number of morpholine rings is 1. The van der Waals surface area contributed by atoms with Crippen molar-refractivity contribution in [1.29, 1.82) is 0 Å². The van der Waals surface area contributed by atoms with Crippen molar-refractivity contribution < 1.29 is 9.53 Å². The minimum Gasteiger partial charge on any atom is -0.378 e. The molecule has 1 aromatic rings. The first kappa shape index (κ1) is 12.3. The normalized spacial score (nSPS) is 24.9. The number of hydrogen-bond acceptors (Lipinski definition) is 4. The van der Waals surface area contributed by atoms with Gasteiger partial charge in [0, 0.05) is 31.7 Å². The lowest BCUT2D eigenvalue weighted by atomic mass is 10.0. The number of hydrogen-bond donors (Lipinski definition) is 1. The van der Waals surface area contributed by atoms with E-state index in [1.54, 1.807) is 10.9 Å². The Balaban J connectivity index is 1.99.